The van der Waals surface area contributed by atoms with E-state index in [1.54, 1.807) is 18.9 Å². The molecule has 0 spiro atoms. The Morgan fingerprint density at radius 3 is 2.45 bits per heavy atom. The Kier molecular flexibility index (Phi) is 5.36. The van der Waals surface area contributed by atoms with Crippen LogP contribution in [-0.2, 0) is 6.42 Å². The first kappa shape index (κ1) is 14.8. The average Bonchev–Trinajstić information content (AvgIpc) is 2.48. The minimum atomic E-state index is 0.353. The molecular formula is C17H21NOS. The molecule has 0 aliphatic heterocycles. The number of thioether (sulfide) groups is 1. The Morgan fingerprint density at radius 2 is 1.80 bits per heavy atom. The lowest BCUT2D eigenvalue weighted by Crippen LogP contribution is -2.18. The monoisotopic (exact) mass is 287 g/mol. The second kappa shape index (κ2) is 7.25. The van der Waals surface area contributed by atoms with Crippen LogP contribution >= 0.6 is 11.8 Å². The van der Waals surface area contributed by atoms with E-state index in [4.69, 9.17) is 4.74 Å². The Hall–Kier alpha value is -1.61. The Labute approximate surface area is 125 Å². The molecule has 2 aromatic carbocycles. The molecule has 0 amide bonds. The van der Waals surface area contributed by atoms with Gasteiger partial charge in [0.2, 0.25) is 0 Å². The number of ether oxygens (including phenoxy) is 1. The largest absolute Gasteiger partial charge is 0.496 e. The second-order valence-electron chi connectivity index (χ2n) is 4.79. The lowest BCUT2D eigenvalue weighted by atomic mass is 10.1. The van der Waals surface area contributed by atoms with Gasteiger partial charge in [0.05, 0.1) is 7.11 Å². The number of anilines is 1. The van der Waals surface area contributed by atoms with Gasteiger partial charge in [0.15, 0.2) is 0 Å². The Balaban J connectivity index is 1.99. The summed E-state index contributed by atoms with van der Waals surface area (Å²) < 4.78 is 5.40. The highest BCUT2D eigenvalue weighted by Crippen LogP contribution is 2.21. The molecular weight excluding hydrogens is 266 g/mol. The smallest absolute Gasteiger partial charge is 0.122 e. The van der Waals surface area contributed by atoms with Crippen LogP contribution in [0.2, 0.25) is 0 Å². The first-order valence-electron chi connectivity index (χ1n) is 6.75. The molecule has 0 aliphatic rings. The number of para-hydroxylation sites is 1. The van der Waals surface area contributed by atoms with Crippen molar-refractivity contribution in [2.24, 2.45) is 0 Å². The van der Waals surface area contributed by atoms with E-state index in [9.17, 15) is 0 Å². The predicted molar refractivity (Wildman–Crippen MR) is 88.0 cm³/mol. The van der Waals surface area contributed by atoms with Crippen LogP contribution in [0.4, 0.5) is 5.69 Å². The number of hydrogen-bond acceptors (Lipinski definition) is 3. The van der Waals surface area contributed by atoms with Crippen LogP contribution in [0.3, 0.4) is 0 Å². The lowest BCUT2D eigenvalue weighted by molar-refractivity contribution is 0.409. The summed E-state index contributed by atoms with van der Waals surface area (Å²) in [4.78, 5) is 1.29. The van der Waals surface area contributed by atoms with Crippen LogP contribution in [0.5, 0.6) is 5.75 Å². The summed E-state index contributed by atoms with van der Waals surface area (Å²) in [6, 6.07) is 17.1. The van der Waals surface area contributed by atoms with E-state index in [0.29, 0.717) is 6.04 Å². The number of nitrogens with one attached hydrogen (secondary N) is 1. The summed E-state index contributed by atoms with van der Waals surface area (Å²) in [6.45, 7) is 2.19. The van der Waals surface area contributed by atoms with Crippen molar-refractivity contribution >= 4 is 17.4 Å². The molecule has 0 heterocycles. The van der Waals surface area contributed by atoms with Crippen molar-refractivity contribution < 1.29 is 4.74 Å². The topological polar surface area (TPSA) is 21.3 Å². The minimum Gasteiger partial charge on any atom is -0.496 e. The van der Waals surface area contributed by atoms with E-state index < -0.39 is 0 Å². The van der Waals surface area contributed by atoms with Crippen molar-refractivity contribution in [2.75, 3.05) is 18.7 Å². The average molecular weight is 287 g/mol. The maximum atomic E-state index is 5.40. The number of methoxy groups -OCH3 is 1. The third-order valence-electron chi connectivity index (χ3n) is 3.22. The molecule has 0 bridgehead atoms. The van der Waals surface area contributed by atoms with E-state index in [0.717, 1.165) is 17.9 Å². The second-order valence-corrected chi connectivity index (χ2v) is 5.67. The molecule has 1 N–H and O–H groups in total. The van der Waals surface area contributed by atoms with Gasteiger partial charge in [-0.1, -0.05) is 18.2 Å². The van der Waals surface area contributed by atoms with Crippen molar-refractivity contribution in [2.45, 2.75) is 24.3 Å². The summed E-state index contributed by atoms with van der Waals surface area (Å²) in [5.41, 5.74) is 2.39. The molecule has 2 nitrogen and oxygen atoms in total. The summed E-state index contributed by atoms with van der Waals surface area (Å²) in [6.07, 6.45) is 3.03. The van der Waals surface area contributed by atoms with Crippen LogP contribution in [0, 0.1) is 0 Å². The third-order valence-corrected chi connectivity index (χ3v) is 3.97. The summed E-state index contributed by atoms with van der Waals surface area (Å²) in [5.74, 6) is 0.957. The Morgan fingerprint density at radius 1 is 1.10 bits per heavy atom. The molecule has 20 heavy (non-hydrogen) atoms. The maximum absolute atomic E-state index is 5.40. The molecule has 1 unspecified atom stereocenters. The van der Waals surface area contributed by atoms with Crippen LogP contribution in [0.15, 0.2) is 53.4 Å². The molecule has 0 radical (unpaired) electrons. The normalized spacial score (nSPS) is 11.9. The zero-order valence-electron chi connectivity index (χ0n) is 12.2. The molecule has 3 heteroatoms. The van der Waals surface area contributed by atoms with Crippen molar-refractivity contribution in [3.8, 4) is 5.75 Å². The molecule has 2 rings (SSSR count). The van der Waals surface area contributed by atoms with Crippen LogP contribution in [-0.4, -0.2) is 19.4 Å². The van der Waals surface area contributed by atoms with E-state index in [2.05, 4.69) is 54.9 Å². The number of rotatable bonds is 6. The lowest BCUT2D eigenvalue weighted by Gasteiger charge is -2.17. The van der Waals surface area contributed by atoms with Gasteiger partial charge in [-0.15, -0.1) is 11.8 Å². The maximum Gasteiger partial charge on any atom is 0.122 e. The first-order chi connectivity index (χ1) is 9.72. The van der Waals surface area contributed by atoms with E-state index in [-0.39, 0.29) is 0 Å². The number of benzene rings is 2. The van der Waals surface area contributed by atoms with Gasteiger partial charge < -0.3 is 10.1 Å². The van der Waals surface area contributed by atoms with Gasteiger partial charge in [-0.2, -0.15) is 0 Å². The van der Waals surface area contributed by atoms with E-state index in [1.807, 2.05) is 12.1 Å². The highest BCUT2D eigenvalue weighted by molar-refractivity contribution is 7.98. The summed E-state index contributed by atoms with van der Waals surface area (Å²) in [7, 11) is 1.72. The first-order valence-corrected chi connectivity index (χ1v) is 7.98. The highest BCUT2D eigenvalue weighted by Gasteiger charge is 2.07. The molecule has 2 aromatic rings. The molecule has 0 fully saturated rings. The summed E-state index contributed by atoms with van der Waals surface area (Å²) in [5, 5.41) is 3.53. The van der Waals surface area contributed by atoms with Crippen molar-refractivity contribution in [3.63, 3.8) is 0 Å². The third kappa shape index (κ3) is 3.94. The zero-order valence-corrected chi connectivity index (χ0v) is 13.0. The molecule has 0 saturated heterocycles. The van der Waals surface area contributed by atoms with Crippen molar-refractivity contribution in [1.82, 2.24) is 0 Å². The Bertz CT molecular complexity index is 539. The highest BCUT2D eigenvalue weighted by atomic mass is 32.2. The minimum absolute atomic E-state index is 0.353. The van der Waals surface area contributed by atoms with Gasteiger partial charge in [0.1, 0.15) is 5.75 Å². The predicted octanol–water partition coefficient (Wildman–Crippen LogP) is 4.46. The number of hydrogen-bond donors (Lipinski definition) is 1. The van der Waals surface area contributed by atoms with Crippen LogP contribution in [0.1, 0.15) is 12.5 Å². The fourth-order valence-corrected chi connectivity index (χ4v) is 2.63. The van der Waals surface area contributed by atoms with Gasteiger partial charge in [0, 0.05) is 16.6 Å². The fraction of sp³-hybridized carbons (Fsp3) is 0.294. The van der Waals surface area contributed by atoms with Gasteiger partial charge in [0.25, 0.3) is 0 Å². The van der Waals surface area contributed by atoms with E-state index in [1.165, 1.54) is 10.5 Å². The van der Waals surface area contributed by atoms with Gasteiger partial charge in [-0.3, -0.25) is 0 Å². The molecule has 0 aliphatic carbocycles. The van der Waals surface area contributed by atoms with Crippen LogP contribution in [0.25, 0.3) is 0 Å². The van der Waals surface area contributed by atoms with Gasteiger partial charge in [-0.05, 0) is 55.5 Å². The molecule has 0 aromatic heterocycles. The quantitative estimate of drug-likeness (QED) is 0.793. The van der Waals surface area contributed by atoms with Crippen LogP contribution < -0.4 is 10.1 Å². The van der Waals surface area contributed by atoms with Gasteiger partial charge >= 0.3 is 0 Å². The molecule has 1 atom stereocenters. The SMILES string of the molecule is COc1ccccc1CC(C)Nc1ccc(SC)cc1. The van der Waals surface area contributed by atoms with E-state index >= 15 is 0 Å². The van der Waals surface area contributed by atoms with Crippen molar-refractivity contribution in [3.05, 3.63) is 54.1 Å². The zero-order chi connectivity index (χ0) is 14.4. The summed E-state index contributed by atoms with van der Waals surface area (Å²) >= 11 is 1.76. The van der Waals surface area contributed by atoms with Gasteiger partial charge in [-0.25, -0.2) is 0 Å². The van der Waals surface area contributed by atoms with Crippen molar-refractivity contribution in [1.29, 1.82) is 0 Å². The molecule has 106 valence electrons. The fourth-order valence-electron chi connectivity index (χ4n) is 2.22. The standard InChI is InChI=1S/C17H21NOS/c1-13(12-14-6-4-5-7-17(14)19-2)18-15-8-10-16(20-3)11-9-15/h4-11,13,18H,12H2,1-3H3. The molecule has 0 saturated carbocycles.